The predicted octanol–water partition coefficient (Wildman–Crippen LogP) is 5.31. The van der Waals surface area contributed by atoms with Gasteiger partial charge in [0.25, 0.3) is 0 Å². The Bertz CT molecular complexity index is 497. The van der Waals surface area contributed by atoms with Crippen molar-refractivity contribution in [3.63, 3.8) is 0 Å². The fraction of sp³-hybridized carbons (Fsp3) is 0.700. The van der Waals surface area contributed by atoms with Crippen molar-refractivity contribution in [2.75, 3.05) is 19.6 Å². The molecule has 1 heterocycles. The van der Waals surface area contributed by atoms with Crippen LogP contribution >= 0.6 is 12.1 Å². The first-order chi connectivity index (χ1) is 11.7. The van der Waals surface area contributed by atoms with Crippen molar-refractivity contribution < 1.29 is 8.99 Å². The minimum Gasteiger partial charge on any atom is -0.385 e. The SMILES string of the molecule is OC(CCN1CCCCC1)(c1ccc(SF)cc1)C1CCCCC1. The summed E-state index contributed by atoms with van der Waals surface area (Å²) in [5, 5.41) is 11.7. The molecule has 1 aromatic carbocycles. The zero-order valence-electron chi connectivity index (χ0n) is 14.6. The van der Waals surface area contributed by atoms with Gasteiger partial charge in [-0.15, -0.1) is 0 Å². The van der Waals surface area contributed by atoms with Crippen molar-refractivity contribution in [1.82, 2.24) is 4.90 Å². The minimum absolute atomic E-state index is 0.270. The van der Waals surface area contributed by atoms with Crippen LogP contribution in [0.5, 0.6) is 0 Å². The fourth-order valence-corrected chi connectivity index (χ4v) is 4.71. The van der Waals surface area contributed by atoms with Gasteiger partial charge in [-0.1, -0.05) is 37.8 Å². The summed E-state index contributed by atoms with van der Waals surface area (Å²) in [4.78, 5) is 3.11. The van der Waals surface area contributed by atoms with Crippen LogP contribution in [0.1, 0.15) is 63.4 Å². The Labute approximate surface area is 150 Å². The highest BCUT2D eigenvalue weighted by molar-refractivity contribution is 7.94. The van der Waals surface area contributed by atoms with Crippen molar-refractivity contribution in [2.45, 2.75) is 68.3 Å². The van der Waals surface area contributed by atoms with E-state index in [-0.39, 0.29) is 12.1 Å². The Morgan fingerprint density at radius 3 is 2.25 bits per heavy atom. The average Bonchev–Trinajstić information content (AvgIpc) is 2.68. The van der Waals surface area contributed by atoms with Gasteiger partial charge in [-0.3, -0.25) is 0 Å². The molecule has 1 N–H and O–H groups in total. The minimum atomic E-state index is -0.766. The molecule has 1 unspecified atom stereocenters. The molecule has 1 aliphatic heterocycles. The predicted molar refractivity (Wildman–Crippen MR) is 98.8 cm³/mol. The Balaban J connectivity index is 1.76. The Kier molecular flexibility index (Phi) is 6.59. The summed E-state index contributed by atoms with van der Waals surface area (Å²) < 4.78 is 12.7. The third-order valence-electron chi connectivity index (χ3n) is 5.98. The molecular weight excluding hydrogens is 321 g/mol. The van der Waals surface area contributed by atoms with E-state index < -0.39 is 5.60 Å². The molecule has 1 saturated carbocycles. The molecule has 2 fully saturated rings. The van der Waals surface area contributed by atoms with Gasteiger partial charge in [-0.05, 0) is 68.8 Å². The molecule has 0 aromatic heterocycles. The molecule has 134 valence electrons. The molecule has 3 rings (SSSR count). The van der Waals surface area contributed by atoms with Gasteiger partial charge < -0.3 is 10.0 Å². The normalized spacial score (nSPS) is 23.1. The summed E-state index contributed by atoms with van der Waals surface area (Å²) in [5.74, 6) is 0.333. The lowest BCUT2D eigenvalue weighted by Crippen LogP contribution is -2.41. The lowest BCUT2D eigenvalue weighted by Gasteiger charge is -2.41. The first-order valence-corrected chi connectivity index (χ1v) is 10.3. The van der Waals surface area contributed by atoms with E-state index in [2.05, 4.69) is 4.90 Å². The number of benzene rings is 1. The summed E-state index contributed by atoms with van der Waals surface area (Å²) in [6.07, 6.45) is 10.6. The zero-order chi connectivity index (χ0) is 16.8. The number of nitrogens with zero attached hydrogens (tertiary/aromatic N) is 1. The maximum absolute atomic E-state index is 12.7. The second-order valence-electron chi connectivity index (χ2n) is 7.51. The van der Waals surface area contributed by atoms with E-state index in [0.29, 0.717) is 10.8 Å². The lowest BCUT2D eigenvalue weighted by atomic mass is 9.71. The van der Waals surface area contributed by atoms with Crippen LogP contribution in [0.2, 0.25) is 0 Å². The molecule has 0 bridgehead atoms. The van der Waals surface area contributed by atoms with Gasteiger partial charge in [0.2, 0.25) is 0 Å². The summed E-state index contributed by atoms with van der Waals surface area (Å²) in [6, 6.07) is 7.48. The van der Waals surface area contributed by atoms with Crippen molar-refractivity contribution in [3.05, 3.63) is 29.8 Å². The van der Waals surface area contributed by atoms with Crippen LogP contribution < -0.4 is 0 Å². The number of hydrogen-bond donors (Lipinski definition) is 1. The van der Waals surface area contributed by atoms with E-state index >= 15 is 0 Å². The van der Waals surface area contributed by atoms with Crippen LogP contribution in [0, 0.1) is 5.92 Å². The summed E-state index contributed by atoms with van der Waals surface area (Å²) in [6.45, 7) is 3.29. The summed E-state index contributed by atoms with van der Waals surface area (Å²) in [5.41, 5.74) is 0.210. The second kappa shape index (κ2) is 8.68. The third-order valence-corrected chi connectivity index (χ3v) is 6.43. The molecule has 0 amide bonds. The number of halogens is 1. The fourth-order valence-electron chi connectivity index (χ4n) is 4.47. The van der Waals surface area contributed by atoms with Gasteiger partial charge in [-0.25, -0.2) is 0 Å². The van der Waals surface area contributed by atoms with Crippen molar-refractivity contribution in [1.29, 1.82) is 0 Å². The molecule has 24 heavy (non-hydrogen) atoms. The molecule has 1 aliphatic carbocycles. The highest BCUT2D eigenvalue weighted by Gasteiger charge is 2.39. The van der Waals surface area contributed by atoms with Crippen LogP contribution in [-0.4, -0.2) is 29.6 Å². The number of piperidine rings is 1. The van der Waals surface area contributed by atoms with Crippen LogP contribution in [-0.2, 0) is 5.60 Å². The van der Waals surface area contributed by atoms with Gasteiger partial charge in [0.15, 0.2) is 0 Å². The monoisotopic (exact) mass is 351 g/mol. The van der Waals surface area contributed by atoms with Crippen LogP contribution in [0.4, 0.5) is 3.89 Å². The number of rotatable bonds is 6. The van der Waals surface area contributed by atoms with E-state index in [4.69, 9.17) is 0 Å². The van der Waals surface area contributed by atoms with Gasteiger partial charge in [0.05, 0.1) is 17.7 Å². The highest BCUT2D eigenvalue weighted by atomic mass is 32.2. The van der Waals surface area contributed by atoms with Gasteiger partial charge in [0, 0.05) is 11.4 Å². The molecule has 1 aromatic rings. The topological polar surface area (TPSA) is 23.5 Å². The zero-order valence-corrected chi connectivity index (χ0v) is 15.4. The molecule has 1 saturated heterocycles. The van der Waals surface area contributed by atoms with Crippen molar-refractivity contribution >= 4 is 12.1 Å². The van der Waals surface area contributed by atoms with Gasteiger partial charge in [-0.2, -0.15) is 3.89 Å². The van der Waals surface area contributed by atoms with Crippen LogP contribution in [0.3, 0.4) is 0 Å². The summed E-state index contributed by atoms with van der Waals surface area (Å²) >= 11 is 0.270. The Morgan fingerprint density at radius 1 is 1.00 bits per heavy atom. The van der Waals surface area contributed by atoms with Gasteiger partial charge in [0.1, 0.15) is 0 Å². The molecule has 4 heteroatoms. The van der Waals surface area contributed by atoms with E-state index in [0.717, 1.165) is 44.5 Å². The van der Waals surface area contributed by atoms with E-state index in [1.54, 1.807) is 12.1 Å². The van der Waals surface area contributed by atoms with Crippen LogP contribution in [0.15, 0.2) is 29.2 Å². The molecule has 0 spiro atoms. The Morgan fingerprint density at radius 2 is 1.62 bits per heavy atom. The number of likely N-dealkylation sites (tertiary alicyclic amines) is 1. The molecule has 1 atom stereocenters. The van der Waals surface area contributed by atoms with Crippen molar-refractivity contribution in [3.8, 4) is 0 Å². The van der Waals surface area contributed by atoms with E-state index in [1.807, 2.05) is 12.1 Å². The third kappa shape index (κ3) is 4.33. The first-order valence-electron chi connectivity index (χ1n) is 9.56. The molecule has 2 nitrogen and oxygen atoms in total. The van der Waals surface area contributed by atoms with Gasteiger partial charge >= 0.3 is 0 Å². The highest BCUT2D eigenvalue weighted by Crippen LogP contribution is 2.42. The largest absolute Gasteiger partial charge is 0.385 e. The standard InChI is InChI=1S/C20H30FNOS/c21-24-19-11-9-18(10-12-19)20(23,17-7-3-1-4-8-17)13-16-22-14-5-2-6-15-22/h9-12,17,23H,1-8,13-16H2. The van der Waals surface area contributed by atoms with Crippen LogP contribution in [0.25, 0.3) is 0 Å². The average molecular weight is 352 g/mol. The smallest absolute Gasteiger partial charge is 0.0936 e. The van der Waals surface area contributed by atoms with Crippen molar-refractivity contribution in [2.24, 2.45) is 5.92 Å². The number of aliphatic hydroxyl groups is 1. The van der Waals surface area contributed by atoms with E-state index in [9.17, 15) is 8.99 Å². The maximum Gasteiger partial charge on any atom is 0.0936 e. The quantitative estimate of drug-likeness (QED) is 0.751. The second-order valence-corrected chi connectivity index (χ2v) is 8.14. The maximum atomic E-state index is 12.7. The molecule has 2 aliphatic rings. The van der Waals surface area contributed by atoms with E-state index in [1.165, 1.54) is 38.5 Å². The molecular formula is C20H30FNOS. The Hall–Kier alpha value is -0.580. The lowest BCUT2D eigenvalue weighted by molar-refractivity contribution is -0.0529. The first kappa shape index (κ1) is 18.2. The molecule has 0 radical (unpaired) electrons. The summed E-state index contributed by atoms with van der Waals surface area (Å²) in [7, 11) is 0. The number of hydrogen-bond acceptors (Lipinski definition) is 3.